The van der Waals surface area contributed by atoms with Crippen molar-refractivity contribution in [2.45, 2.75) is 4.90 Å². The lowest BCUT2D eigenvalue weighted by atomic mass is 10.1. The lowest BCUT2D eigenvalue weighted by molar-refractivity contribution is 0.0921. The van der Waals surface area contributed by atoms with Crippen LogP contribution in [0.3, 0.4) is 0 Å². The van der Waals surface area contributed by atoms with E-state index in [1.54, 1.807) is 36.0 Å². The van der Waals surface area contributed by atoms with Gasteiger partial charge < -0.3 is 4.74 Å². The van der Waals surface area contributed by atoms with Crippen molar-refractivity contribution < 1.29 is 9.53 Å². The molecule has 0 heterocycles. The zero-order valence-electron chi connectivity index (χ0n) is 10.4. The van der Waals surface area contributed by atoms with Crippen LogP contribution in [0.25, 0.3) is 0 Å². The standard InChI is InChI=1S/C15H13ClO2S/c1-19-14-8-2-11(3-9-14)15(17)10-18-13-6-4-12(16)5-7-13/h2-9H,10H2,1H3. The molecule has 0 unspecified atom stereocenters. The number of carbonyl (C=O) groups is 1. The van der Waals surface area contributed by atoms with Crippen LogP contribution >= 0.6 is 23.4 Å². The van der Waals surface area contributed by atoms with Gasteiger partial charge in [0, 0.05) is 15.5 Å². The summed E-state index contributed by atoms with van der Waals surface area (Å²) in [7, 11) is 0. The van der Waals surface area contributed by atoms with Crippen molar-refractivity contribution in [2.24, 2.45) is 0 Å². The Balaban J connectivity index is 1.95. The van der Waals surface area contributed by atoms with Crippen molar-refractivity contribution in [1.29, 1.82) is 0 Å². The summed E-state index contributed by atoms with van der Waals surface area (Å²) < 4.78 is 5.42. The van der Waals surface area contributed by atoms with Gasteiger partial charge in [-0.05, 0) is 42.7 Å². The summed E-state index contributed by atoms with van der Waals surface area (Å²) in [6.45, 7) is 0.0280. The molecule has 0 bridgehead atoms. The van der Waals surface area contributed by atoms with E-state index in [4.69, 9.17) is 16.3 Å². The molecule has 0 radical (unpaired) electrons. The van der Waals surface area contributed by atoms with E-state index in [1.807, 2.05) is 30.5 Å². The minimum Gasteiger partial charge on any atom is -0.485 e. The summed E-state index contributed by atoms with van der Waals surface area (Å²) in [5.41, 5.74) is 0.659. The van der Waals surface area contributed by atoms with Gasteiger partial charge in [-0.1, -0.05) is 23.7 Å². The molecular formula is C15H13ClO2S. The molecule has 98 valence electrons. The number of halogens is 1. The van der Waals surface area contributed by atoms with Gasteiger partial charge in [0.1, 0.15) is 5.75 Å². The Morgan fingerprint density at radius 3 is 2.32 bits per heavy atom. The molecule has 0 N–H and O–H groups in total. The van der Waals surface area contributed by atoms with Crippen LogP contribution in [0.15, 0.2) is 53.4 Å². The molecule has 0 fully saturated rings. The molecule has 0 aliphatic heterocycles. The van der Waals surface area contributed by atoms with Crippen LogP contribution in [-0.4, -0.2) is 18.6 Å². The highest BCUT2D eigenvalue weighted by Gasteiger charge is 2.06. The summed E-state index contributed by atoms with van der Waals surface area (Å²) >= 11 is 7.42. The van der Waals surface area contributed by atoms with Crippen molar-refractivity contribution in [3.63, 3.8) is 0 Å². The van der Waals surface area contributed by atoms with E-state index in [-0.39, 0.29) is 12.4 Å². The number of Topliss-reactive ketones (excluding diaryl/α,β-unsaturated/α-hetero) is 1. The van der Waals surface area contributed by atoms with Crippen molar-refractivity contribution in [3.8, 4) is 5.75 Å². The monoisotopic (exact) mass is 292 g/mol. The second kappa shape index (κ2) is 6.64. The van der Waals surface area contributed by atoms with Crippen molar-refractivity contribution in [3.05, 3.63) is 59.1 Å². The largest absolute Gasteiger partial charge is 0.485 e. The van der Waals surface area contributed by atoms with Gasteiger partial charge in [0.05, 0.1) is 0 Å². The molecule has 0 amide bonds. The Morgan fingerprint density at radius 2 is 1.74 bits per heavy atom. The zero-order valence-corrected chi connectivity index (χ0v) is 12.0. The summed E-state index contributed by atoms with van der Waals surface area (Å²) in [5, 5.41) is 0.645. The molecule has 19 heavy (non-hydrogen) atoms. The van der Waals surface area contributed by atoms with Gasteiger partial charge in [0.25, 0.3) is 0 Å². The molecule has 2 nitrogen and oxygen atoms in total. The fourth-order valence-electron chi connectivity index (χ4n) is 1.54. The van der Waals surface area contributed by atoms with E-state index in [0.29, 0.717) is 16.3 Å². The molecule has 0 spiro atoms. The predicted molar refractivity (Wildman–Crippen MR) is 79.5 cm³/mol. The van der Waals surface area contributed by atoms with Crippen LogP contribution in [0.2, 0.25) is 5.02 Å². The number of benzene rings is 2. The van der Waals surface area contributed by atoms with Crippen molar-refractivity contribution in [2.75, 3.05) is 12.9 Å². The Morgan fingerprint density at radius 1 is 1.11 bits per heavy atom. The Kier molecular flexibility index (Phi) is 4.88. The highest BCUT2D eigenvalue weighted by Crippen LogP contribution is 2.17. The molecule has 0 aliphatic rings. The first-order chi connectivity index (χ1) is 9.19. The second-order valence-corrected chi connectivity index (χ2v) is 5.21. The van der Waals surface area contributed by atoms with E-state index in [9.17, 15) is 4.79 Å². The van der Waals surface area contributed by atoms with Gasteiger partial charge in [-0.25, -0.2) is 0 Å². The topological polar surface area (TPSA) is 26.3 Å². The molecule has 0 aromatic heterocycles. The first-order valence-electron chi connectivity index (χ1n) is 5.74. The number of carbonyl (C=O) groups excluding carboxylic acids is 1. The third kappa shape index (κ3) is 4.01. The van der Waals surface area contributed by atoms with Crippen LogP contribution in [0.4, 0.5) is 0 Å². The minimum atomic E-state index is -0.0393. The van der Waals surface area contributed by atoms with Gasteiger partial charge in [0.2, 0.25) is 0 Å². The first-order valence-corrected chi connectivity index (χ1v) is 7.35. The van der Waals surface area contributed by atoms with Crippen LogP contribution in [0, 0.1) is 0 Å². The highest BCUT2D eigenvalue weighted by atomic mass is 35.5. The highest BCUT2D eigenvalue weighted by molar-refractivity contribution is 7.98. The number of ketones is 1. The fourth-order valence-corrected chi connectivity index (χ4v) is 2.07. The number of thioether (sulfide) groups is 1. The van der Waals surface area contributed by atoms with Gasteiger partial charge in [-0.15, -0.1) is 11.8 Å². The first kappa shape index (κ1) is 14.0. The summed E-state index contributed by atoms with van der Waals surface area (Å²) in [5.74, 6) is 0.598. The van der Waals surface area contributed by atoms with Gasteiger partial charge in [-0.2, -0.15) is 0 Å². The van der Waals surface area contributed by atoms with E-state index < -0.39 is 0 Å². The zero-order chi connectivity index (χ0) is 13.7. The van der Waals surface area contributed by atoms with Crippen molar-refractivity contribution in [1.82, 2.24) is 0 Å². The molecule has 0 aliphatic carbocycles. The lowest BCUT2D eigenvalue weighted by Gasteiger charge is -2.06. The van der Waals surface area contributed by atoms with E-state index in [0.717, 1.165) is 4.90 Å². The van der Waals surface area contributed by atoms with Crippen LogP contribution < -0.4 is 4.74 Å². The summed E-state index contributed by atoms with van der Waals surface area (Å²) in [6.07, 6.45) is 2.00. The maximum absolute atomic E-state index is 11.9. The average molecular weight is 293 g/mol. The summed E-state index contributed by atoms with van der Waals surface area (Å²) in [4.78, 5) is 13.1. The van der Waals surface area contributed by atoms with Gasteiger partial charge in [0.15, 0.2) is 12.4 Å². The number of hydrogen-bond acceptors (Lipinski definition) is 3. The molecule has 2 aromatic rings. The quantitative estimate of drug-likeness (QED) is 0.606. The Hall–Kier alpha value is -1.45. The fraction of sp³-hybridized carbons (Fsp3) is 0.133. The molecule has 2 rings (SSSR count). The smallest absolute Gasteiger partial charge is 0.200 e. The minimum absolute atomic E-state index is 0.0280. The maximum Gasteiger partial charge on any atom is 0.200 e. The van der Waals surface area contributed by atoms with Gasteiger partial charge in [-0.3, -0.25) is 4.79 Å². The Labute approximate surface area is 121 Å². The summed E-state index contributed by atoms with van der Waals surface area (Å²) in [6, 6.07) is 14.4. The van der Waals surface area contributed by atoms with Crippen LogP contribution in [0.1, 0.15) is 10.4 Å². The Bertz CT molecular complexity index is 549. The third-order valence-electron chi connectivity index (χ3n) is 2.60. The normalized spacial score (nSPS) is 10.2. The lowest BCUT2D eigenvalue weighted by Crippen LogP contribution is -2.11. The molecular weight excluding hydrogens is 280 g/mol. The van der Waals surface area contributed by atoms with E-state index in [2.05, 4.69) is 0 Å². The maximum atomic E-state index is 11.9. The molecule has 0 saturated heterocycles. The average Bonchev–Trinajstić information content (AvgIpc) is 2.46. The van der Waals surface area contributed by atoms with E-state index in [1.165, 1.54) is 0 Å². The van der Waals surface area contributed by atoms with Gasteiger partial charge >= 0.3 is 0 Å². The van der Waals surface area contributed by atoms with Crippen LogP contribution in [-0.2, 0) is 0 Å². The SMILES string of the molecule is CSc1ccc(C(=O)COc2ccc(Cl)cc2)cc1. The number of hydrogen-bond donors (Lipinski definition) is 0. The number of ether oxygens (including phenoxy) is 1. The molecule has 0 atom stereocenters. The van der Waals surface area contributed by atoms with E-state index >= 15 is 0 Å². The molecule has 0 saturated carbocycles. The number of rotatable bonds is 5. The molecule has 4 heteroatoms. The third-order valence-corrected chi connectivity index (χ3v) is 3.59. The molecule has 2 aromatic carbocycles. The van der Waals surface area contributed by atoms with Crippen molar-refractivity contribution >= 4 is 29.1 Å². The predicted octanol–water partition coefficient (Wildman–Crippen LogP) is 4.32. The van der Waals surface area contributed by atoms with Crippen LogP contribution in [0.5, 0.6) is 5.75 Å². The second-order valence-electron chi connectivity index (χ2n) is 3.89.